The number of hydrogen-bond donors (Lipinski definition) is 2. The summed E-state index contributed by atoms with van der Waals surface area (Å²) >= 11 is 0. The summed E-state index contributed by atoms with van der Waals surface area (Å²) in [5, 5.41) is 2.92. The largest absolute Gasteiger partial charge is 0.383 e. The number of carbonyl (C=O) groups is 1. The molecule has 0 spiro atoms. The molecule has 2 atom stereocenters. The van der Waals surface area contributed by atoms with E-state index in [1.165, 1.54) is 0 Å². The molecule has 0 radical (unpaired) electrons. The topological polar surface area (TPSA) is 67.6 Å². The van der Waals surface area contributed by atoms with E-state index in [4.69, 9.17) is 10.5 Å². The van der Waals surface area contributed by atoms with Crippen LogP contribution in [0.3, 0.4) is 0 Å². The van der Waals surface area contributed by atoms with Crippen LogP contribution in [0.5, 0.6) is 0 Å². The van der Waals surface area contributed by atoms with Crippen molar-refractivity contribution in [3.8, 4) is 0 Å². The maximum Gasteiger partial charge on any atom is 0.221 e. The van der Waals surface area contributed by atoms with Crippen LogP contribution in [0.4, 0.5) is 0 Å². The van der Waals surface area contributed by atoms with Gasteiger partial charge in [-0.3, -0.25) is 9.69 Å². The fourth-order valence-electron chi connectivity index (χ4n) is 2.12. The van der Waals surface area contributed by atoms with E-state index < -0.39 is 0 Å². The SMILES string of the molecule is CCC(C)N(CCOC)C(CN)CC(=O)NC(C)C. The molecule has 0 saturated heterocycles. The normalized spacial score (nSPS) is 14.7. The first kappa shape index (κ1) is 18.4. The van der Waals surface area contributed by atoms with E-state index in [9.17, 15) is 4.79 Å². The standard InChI is InChI=1S/C14H31N3O2/c1-6-12(4)17(7-8-19-5)13(10-15)9-14(18)16-11(2)3/h11-13H,6-10,15H2,1-5H3,(H,16,18). The molecule has 0 aromatic rings. The van der Waals surface area contributed by atoms with Crippen LogP contribution in [0.2, 0.25) is 0 Å². The maximum absolute atomic E-state index is 11.9. The first-order chi connectivity index (χ1) is 8.96. The average molecular weight is 273 g/mol. The van der Waals surface area contributed by atoms with E-state index in [0.29, 0.717) is 25.6 Å². The minimum absolute atomic E-state index is 0.0659. The van der Waals surface area contributed by atoms with Crippen molar-refractivity contribution in [3.05, 3.63) is 0 Å². The summed E-state index contributed by atoms with van der Waals surface area (Å²) < 4.78 is 5.15. The number of methoxy groups -OCH3 is 1. The van der Waals surface area contributed by atoms with Crippen molar-refractivity contribution in [1.29, 1.82) is 0 Å². The monoisotopic (exact) mass is 273 g/mol. The molecule has 0 saturated carbocycles. The van der Waals surface area contributed by atoms with Crippen LogP contribution in [0.25, 0.3) is 0 Å². The highest BCUT2D eigenvalue weighted by Crippen LogP contribution is 2.11. The van der Waals surface area contributed by atoms with E-state index in [2.05, 4.69) is 24.1 Å². The lowest BCUT2D eigenvalue weighted by atomic mass is 10.1. The number of carbonyl (C=O) groups excluding carboxylic acids is 1. The van der Waals surface area contributed by atoms with E-state index >= 15 is 0 Å². The minimum Gasteiger partial charge on any atom is -0.383 e. The first-order valence-corrected chi connectivity index (χ1v) is 7.20. The molecule has 0 aliphatic carbocycles. The van der Waals surface area contributed by atoms with Crippen LogP contribution >= 0.6 is 0 Å². The fraction of sp³-hybridized carbons (Fsp3) is 0.929. The zero-order valence-electron chi connectivity index (χ0n) is 13.1. The van der Waals surface area contributed by atoms with Gasteiger partial charge in [0, 0.05) is 44.7 Å². The van der Waals surface area contributed by atoms with Crippen LogP contribution in [-0.2, 0) is 9.53 Å². The molecule has 0 aliphatic rings. The molecule has 0 fully saturated rings. The van der Waals surface area contributed by atoms with Gasteiger partial charge in [0.2, 0.25) is 5.91 Å². The predicted octanol–water partition coefficient (Wildman–Crippen LogP) is 0.975. The van der Waals surface area contributed by atoms with Crippen LogP contribution in [0.15, 0.2) is 0 Å². The summed E-state index contributed by atoms with van der Waals surface area (Å²) in [6.07, 6.45) is 1.48. The summed E-state index contributed by atoms with van der Waals surface area (Å²) in [6, 6.07) is 0.640. The third-order valence-corrected chi connectivity index (χ3v) is 3.32. The predicted molar refractivity (Wildman–Crippen MR) is 79.1 cm³/mol. The molecular weight excluding hydrogens is 242 g/mol. The molecule has 19 heavy (non-hydrogen) atoms. The summed E-state index contributed by atoms with van der Waals surface area (Å²) in [4.78, 5) is 14.2. The molecule has 0 aromatic heterocycles. The molecule has 0 heterocycles. The van der Waals surface area contributed by atoms with Gasteiger partial charge in [0.1, 0.15) is 0 Å². The Balaban J connectivity index is 4.58. The molecule has 1 amide bonds. The Kier molecular flexibility index (Phi) is 9.83. The average Bonchev–Trinajstić information content (AvgIpc) is 2.36. The molecule has 0 bridgehead atoms. The zero-order chi connectivity index (χ0) is 14.8. The molecule has 0 aromatic carbocycles. The number of rotatable bonds is 10. The van der Waals surface area contributed by atoms with Gasteiger partial charge in [0.15, 0.2) is 0 Å². The molecule has 5 nitrogen and oxygen atoms in total. The maximum atomic E-state index is 11.9. The Bertz CT molecular complexity index is 247. The van der Waals surface area contributed by atoms with Crippen molar-refractivity contribution >= 4 is 5.91 Å². The molecule has 3 N–H and O–H groups in total. The second-order valence-corrected chi connectivity index (χ2v) is 5.30. The van der Waals surface area contributed by atoms with Gasteiger partial charge in [-0.25, -0.2) is 0 Å². The molecule has 0 aliphatic heterocycles. The highest BCUT2D eigenvalue weighted by atomic mass is 16.5. The summed E-state index contributed by atoms with van der Waals surface area (Å²) in [7, 11) is 1.69. The second-order valence-electron chi connectivity index (χ2n) is 5.30. The van der Waals surface area contributed by atoms with Crippen molar-refractivity contribution < 1.29 is 9.53 Å². The van der Waals surface area contributed by atoms with Crippen LogP contribution in [0.1, 0.15) is 40.5 Å². The second kappa shape index (κ2) is 10.2. The van der Waals surface area contributed by atoms with Crippen molar-refractivity contribution in [2.24, 2.45) is 5.73 Å². The lowest BCUT2D eigenvalue weighted by Gasteiger charge is -2.35. The van der Waals surface area contributed by atoms with Gasteiger partial charge < -0.3 is 15.8 Å². The summed E-state index contributed by atoms with van der Waals surface area (Å²) in [5.74, 6) is 0.0659. The van der Waals surface area contributed by atoms with Crippen molar-refractivity contribution in [2.45, 2.75) is 58.7 Å². The van der Waals surface area contributed by atoms with E-state index in [1.54, 1.807) is 7.11 Å². The summed E-state index contributed by atoms with van der Waals surface area (Å²) in [5.41, 5.74) is 5.85. The third kappa shape index (κ3) is 7.50. The smallest absolute Gasteiger partial charge is 0.221 e. The van der Waals surface area contributed by atoms with E-state index in [1.807, 2.05) is 13.8 Å². The van der Waals surface area contributed by atoms with Gasteiger partial charge in [-0.1, -0.05) is 6.92 Å². The molecule has 2 unspecified atom stereocenters. The Labute approximate surface area is 117 Å². The highest BCUT2D eigenvalue weighted by molar-refractivity contribution is 5.76. The number of nitrogens with zero attached hydrogens (tertiary/aromatic N) is 1. The fourth-order valence-corrected chi connectivity index (χ4v) is 2.12. The molecule has 5 heteroatoms. The van der Waals surface area contributed by atoms with Gasteiger partial charge in [-0.15, -0.1) is 0 Å². The number of ether oxygens (including phenoxy) is 1. The number of nitrogens with two attached hydrogens (primary N) is 1. The van der Waals surface area contributed by atoms with E-state index in [0.717, 1.165) is 13.0 Å². The Morgan fingerprint density at radius 1 is 1.37 bits per heavy atom. The quantitative estimate of drug-likeness (QED) is 0.622. The van der Waals surface area contributed by atoms with Gasteiger partial charge in [-0.2, -0.15) is 0 Å². The van der Waals surface area contributed by atoms with Crippen molar-refractivity contribution in [1.82, 2.24) is 10.2 Å². The van der Waals surface area contributed by atoms with Crippen LogP contribution < -0.4 is 11.1 Å². The lowest BCUT2D eigenvalue weighted by Crippen LogP contribution is -2.49. The molecule has 0 rings (SSSR count). The highest BCUT2D eigenvalue weighted by Gasteiger charge is 2.23. The summed E-state index contributed by atoms with van der Waals surface area (Å²) in [6.45, 7) is 10.2. The molecular formula is C14H31N3O2. The number of hydrogen-bond acceptors (Lipinski definition) is 4. The zero-order valence-corrected chi connectivity index (χ0v) is 13.1. The number of nitrogens with one attached hydrogen (secondary N) is 1. The third-order valence-electron chi connectivity index (χ3n) is 3.32. The minimum atomic E-state index is 0.0659. The van der Waals surface area contributed by atoms with Crippen LogP contribution in [-0.4, -0.2) is 55.7 Å². The van der Waals surface area contributed by atoms with Crippen molar-refractivity contribution in [3.63, 3.8) is 0 Å². The van der Waals surface area contributed by atoms with Gasteiger partial charge >= 0.3 is 0 Å². The Morgan fingerprint density at radius 2 is 2.00 bits per heavy atom. The Morgan fingerprint density at radius 3 is 2.42 bits per heavy atom. The van der Waals surface area contributed by atoms with Crippen molar-refractivity contribution in [2.75, 3.05) is 26.8 Å². The molecule has 114 valence electrons. The van der Waals surface area contributed by atoms with Gasteiger partial charge in [0.05, 0.1) is 6.61 Å². The van der Waals surface area contributed by atoms with E-state index in [-0.39, 0.29) is 18.0 Å². The lowest BCUT2D eigenvalue weighted by molar-refractivity contribution is -0.123. The first-order valence-electron chi connectivity index (χ1n) is 7.20. The van der Waals surface area contributed by atoms with Crippen LogP contribution in [0, 0.1) is 0 Å². The van der Waals surface area contributed by atoms with Gasteiger partial charge in [-0.05, 0) is 27.2 Å². The number of amides is 1. The Hall–Kier alpha value is -0.650. The van der Waals surface area contributed by atoms with Gasteiger partial charge in [0.25, 0.3) is 0 Å².